The standard InChI is InChI=1S/C40H44N12O5/c1-24-19-27(44-40(56)45-30-22-41-32-12-13-43-52(32)36(30)25-6-7-25)21-42-35(24)37-47-34(57-48-37)5-3-2-4-14-49-15-17-50(18-16-49)28-8-9-29-26(20-28)23-51(39(29)55)31-10-11-33(53)46-38(31)54/h8-9,12-13,19-22,25,31H,2-7,10-11,14-18,23H2,1H3,(H2,44,45,56)(H,46,53,54). The number of hydrogen-bond donors (Lipinski definition) is 3. The Morgan fingerprint density at radius 2 is 1.82 bits per heavy atom. The fourth-order valence-electron chi connectivity index (χ4n) is 8.13. The Morgan fingerprint density at radius 1 is 0.965 bits per heavy atom. The summed E-state index contributed by atoms with van der Waals surface area (Å²) in [6, 6.07) is 8.64. The van der Waals surface area contributed by atoms with Gasteiger partial charge in [0.05, 0.1) is 35.7 Å². The first-order chi connectivity index (χ1) is 27.8. The van der Waals surface area contributed by atoms with Gasteiger partial charge in [-0.15, -0.1) is 0 Å². The lowest BCUT2D eigenvalue weighted by atomic mass is 10.0. The van der Waals surface area contributed by atoms with Gasteiger partial charge >= 0.3 is 6.03 Å². The monoisotopic (exact) mass is 772 g/mol. The van der Waals surface area contributed by atoms with Crippen LogP contribution in [0.2, 0.25) is 0 Å². The highest BCUT2D eigenvalue weighted by Crippen LogP contribution is 2.43. The van der Waals surface area contributed by atoms with Crippen LogP contribution in [-0.4, -0.2) is 102 Å². The summed E-state index contributed by atoms with van der Waals surface area (Å²) in [5, 5.41) is 16.7. The maximum Gasteiger partial charge on any atom is 0.323 e. The van der Waals surface area contributed by atoms with Gasteiger partial charge in [-0.1, -0.05) is 11.6 Å². The maximum atomic E-state index is 13.1. The number of carbonyl (C=O) groups is 4. The van der Waals surface area contributed by atoms with E-state index in [0.29, 0.717) is 59.7 Å². The molecule has 9 rings (SSSR count). The summed E-state index contributed by atoms with van der Waals surface area (Å²) in [6.45, 7) is 7.00. The number of amides is 5. The third-order valence-corrected chi connectivity index (χ3v) is 11.3. The predicted octanol–water partition coefficient (Wildman–Crippen LogP) is 4.30. The lowest BCUT2D eigenvalue weighted by Crippen LogP contribution is -2.52. The Labute approximate surface area is 328 Å². The van der Waals surface area contributed by atoms with Crippen molar-refractivity contribution in [1.82, 2.24) is 44.8 Å². The molecule has 3 N–H and O–H groups in total. The molecule has 0 radical (unpaired) electrons. The molecule has 1 saturated carbocycles. The highest BCUT2D eigenvalue weighted by atomic mass is 16.5. The first-order valence-electron chi connectivity index (χ1n) is 19.7. The van der Waals surface area contributed by atoms with Crippen molar-refractivity contribution >= 4 is 46.5 Å². The molecule has 4 aromatic heterocycles. The zero-order chi connectivity index (χ0) is 39.0. The van der Waals surface area contributed by atoms with Gasteiger partial charge in [-0.05, 0) is 81.0 Å². The number of hydrogen-bond acceptors (Lipinski definition) is 12. The quantitative estimate of drug-likeness (QED) is 0.120. The molecule has 1 unspecified atom stereocenters. The SMILES string of the molecule is Cc1cc(NC(=O)Nc2cnc3ccnn3c2C2CC2)cnc1-c1noc(CCCCCN2CCN(c3ccc4c(c3)CN(C3CCC(=O)NC3=O)C4=O)CC2)n1. The molecule has 3 fully saturated rings. The number of nitrogens with one attached hydrogen (secondary N) is 3. The second-order valence-electron chi connectivity index (χ2n) is 15.3. The molecule has 3 aliphatic heterocycles. The fourth-order valence-corrected chi connectivity index (χ4v) is 8.13. The largest absolute Gasteiger partial charge is 0.369 e. The van der Waals surface area contributed by atoms with Crippen molar-refractivity contribution < 1.29 is 23.7 Å². The van der Waals surface area contributed by atoms with Crippen molar-refractivity contribution in [1.29, 1.82) is 0 Å². The van der Waals surface area contributed by atoms with Crippen LogP contribution in [0.3, 0.4) is 0 Å². The number of aromatic nitrogens is 6. The van der Waals surface area contributed by atoms with Crippen molar-refractivity contribution in [2.24, 2.45) is 0 Å². The van der Waals surface area contributed by atoms with Gasteiger partial charge in [-0.3, -0.25) is 29.6 Å². The molecule has 1 aromatic carbocycles. The summed E-state index contributed by atoms with van der Waals surface area (Å²) in [4.78, 5) is 70.0. The Morgan fingerprint density at radius 3 is 2.63 bits per heavy atom. The Kier molecular flexibility index (Phi) is 9.82. The number of urea groups is 1. The molecular weight excluding hydrogens is 729 g/mol. The summed E-state index contributed by atoms with van der Waals surface area (Å²) in [5.74, 6) is 0.530. The molecule has 17 nitrogen and oxygen atoms in total. The molecule has 57 heavy (non-hydrogen) atoms. The summed E-state index contributed by atoms with van der Waals surface area (Å²) in [7, 11) is 0. The fraction of sp³-hybridized carbons (Fsp3) is 0.425. The average Bonchev–Trinajstić information content (AvgIpc) is 3.57. The van der Waals surface area contributed by atoms with Gasteiger partial charge < -0.3 is 25.0 Å². The number of benzene rings is 1. The lowest BCUT2D eigenvalue weighted by Gasteiger charge is -2.36. The molecule has 5 amide bonds. The number of unbranched alkanes of at least 4 members (excludes halogenated alkanes) is 2. The van der Waals surface area contributed by atoms with Gasteiger partial charge in [0.1, 0.15) is 11.7 Å². The number of fused-ring (bicyclic) bond motifs is 2. The number of rotatable bonds is 12. The van der Waals surface area contributed by atoms with Gasteiger partial charge in [-0.25, -0.2) is 14.3 Å². The minimum Gasteiger partial charge on any atom is -0.369 e. The number of anilines is 3. The van der Waals surface area contributed by atoms with Crippen LogP contribution in [-0.2, 0) is 22.6 Å². The smallest absolute Gasteiger partial charge is 0.323 e. The second kappa shape index (κ2) is 15.4. The van der Waals surface area contributed by atoms with Gasteiger partial charge in [0, 0.05) is 68.8 Å². The molecule has 1 atom stereocenters. The van der Waals surface area contributed by atoms with E-state index >= 15 is 0 Å². The highest BCUT2D eigenvalue weighted by molar-refractivity contribution is 6.05. The van der Waals surface area contributed by atoms with Crippen LogP contribution < -0.4 is 20.9 Å². The Hall–Kier alpha value is -6.23. The van der Waals surface area contributed by atoms with E-state index in [0.717, 1.165) is 93.0 Å². The lowest BCUT2D eigenvalue weighted by molar-refractivity contribution is -0.136. The number of piperazine rings is 1. The summed E-state index contributed by atoms with van der Waals surface area (Å²) < 4.78 is 7.36. The van der Waals surface area contributed by atoms with Crippen molar-refractivity contribution in [2.45, 2.75) is 76.8 Å². The van der Waals surface area contributed by atoms with Crippen LogP contribution in [0.25, 0.3) is 17.2 Å². The van der Waals surface area contributed by atoms with Gasteiger partial charge in [0.2, 0.25) is 23.5 Å². The van der Waals surface area contributed by atoms with Crippen LogP contribution in [0.1, 0.15) is 83.9 Å². The third-order valence-electron chi connectivity index (χ3n) is 11.3. The molecule has 1 aliphatic carbocycles. The van der Waals surface area contributed by atoms with Crippen molar-refractivity contribution in [3.05, 3.63) is 77.2 Å². The maximum absolute atomic E-state index is 13.1. The molecule has 5 aromatic rings. The zero-order valence-electron chi connectivity index (χ0n) is 31.7. The Balaban J connectivity index is 0.701. The first kappa shape index (κ1) is 36.4. The van der Waals surface area contributed by atoms with E-state index < -0.39 is 11.9 Å². The van der Waals surface area contributed by atoms with Crippen LogP contribution in [0.4, 0.5) is 21.9 Å². The van der Waals surface area contributed by atoms with E-state index in [4.69, 9.17) is 4.52 Å². The zero-order valence-corrected chi connectivity index (χ0v) is 31.7. The van der Waals surface area contributed by atoms with Crippen LogP contribution in [0.15, 0.2) is 53.4 Å². The van der Waals surface area contributed by atoms with Gasteiger partial charge in [0.25, 0.3) is 5.91 Å². The molecule has 17 heteroatoms. The normalized spacial score (nSPS) is 18.6. The number of pyridine rings is 1. The molecule has 4 aliphatic rings. The summed E-state index contributed by atoms with van der Waals surface area (Å²) >= 11 is 0. The molecule has 0 bridgehead atoms. The van der Waals surface area contributed by atoms with E-state index in [1.165, 1.54) is 0 Å². The molecule has 294 valence electrons. The van der Waals surface area contributed by atoms with E-state index in [2.05, 4.69) is 57.0 Å². The second-order valence-corrected chi connectivity index (χ2v) is 15.3. The highest BCUT2D eigenvalue weighted by Gasteiger charge is 2.39. The molecule has 0 spiro atoms. The topological polar surface area (TPSA) is 196 Å². The minimum atomic E-state index is -0.606. The van der Waals surface area contributed by atoms with Crippen LogP contribution >= 0.6 is 0 Å². The third kappa shape index (κ3) is 7.66. The van der Waals surface area contributed by atoms with E-state index in [1.54, 1.807) is 28.0 Å². The number of aryl methyl sites for hydroxylation is 2. The molecule has 2 saturated heterocycles. The number of imide groups is 1. The summed E-state index contributed by atoms with van der Waals surface area (Å²) in [6.07, 6.45) is 11.4. The van der Waals surface area contributed by atoms with Crippen LogP contribution in [0.5, 0.6) is 0 Å². The van der Waals surface area contributed by atoms with E-state index in [1.807, 2.05) is 31.2 Å². The number of piperidine rings is 1. The Bertz CT molecular complexity index is 2360. The van der Waals surface area contributed by atoms with Gasteiger partial charge in [-0.2, -0.15) is 10.1 Å². The predicted molar refractivity (Wildman–Crippen MR) is 209 cm³/mol. The van der Waals surface area contributed by atoms with Crippen molar-refractivity contribution in [3.63, 3.8) is 0 Å². The van der Waals surface area contributed by atoms with Crippen molar-refractivity contribution in [2.75, 3.05) is 48.3 Å². The molecule has 7 heterocycles. The van der Waals surface area contributed by atoms with Crippen LogP contribution in [0, 0.1) is 6.92 Å². The summed E-state index contributed by atoms with van der Waals surface area (Å²) in [5.41, 5.74) is 6.96. The van der Waals surface area contributed by atoms with E-state index in [9.17, 15) is 19.2 Å². The number of carbonyl (C=O) groups excluding carboxylic acids is 4. The van der Waals surface area contributed by atoms with Gasteiger partial charge in [0.15, 0.2) is 5.65 Å². The average molecular weight is 773 g/mol. The number of nitrogens with zero attached hydrogens (tertiary/aromatic N) is 9. The minimum absolute atomic E-state index is 0.147. The first-order valence-corrected chi connectivity index (χ1v) is 19.7. The van der Waals surface area contributed by atoms with Crippen molar-refractivity contribution in [3.8, 4) is 11.5 Å². The van der Waals surface area contributed by atoms with E-state index in [-0.39, 0.29) is 24.3 Å². The molecular formula is C40H44N12O5.